The Balaban J connectivity index is 1.27. The molecule has 9 aromatic rings. The molecule has 0 aliphatic carbocycles. The van der Waals surface area contributed by atoms with Crippen LogP contribution in [0.4, 0.5) is 0 Å². The normalized spacial score (nSPS) is 11.8. The summed E-state index contributed by atoms with van der Waals surface area (Å²) < 4.78 is 19.5. The van der Waals surface area contributed by atoms with Crippen LogP contribution in [0.3, 0.4) is 0 Å². The number of rotatable bonds is 8. The van der Waals surface area contributed by atoms with E-state index < -0.39 is 7.14 Å². The highest BCUT2D eigenvalue weighted by Crippen LogP contribution is 2.39. The number of aromatic nitrogens is 3. The van der Waals surface area contributed by atoms with Crippen LogP contribution in [0.15, 0.2) is 168 Å². The van der Waals surface area contributed by atoms with Gasteiger partial charge in [-0.1, -0.05) is 117 Å². The molecule has 0 bridgehead atoms. The van der Waals surface area contributed by atoms with Gasteiger partial charge in [0.2, 0.25) is 0 Å². The third-order valence-electron chi connectivity index (χ3n) is 10.2. The van der Waals surface area contributed by atoms with Crippen molar-refractivity contribution < 1.29 is 8.98 Å². The first-order valence-corrected chi connectivity index (χ1v) is 23.4. The molecule has 0 radical (unpaired) electrons. The van der Waals surface area contributed by atoms with E-state index in [1.807, 2.05) is 67.9 Å². The summed E-state index contributed by atoms with van der Waals surface area (Å²) in [5.41, 5.74) is 10.5. The van der Waals surface area contributed by atoms with Crippen LogP contribution < -0.4 is 10.6 Å². The molecule has 0 atom stereocenters. The highest BCUT2D eigenvalue weighted by Gasteiger charge is 2.18. The first kappa shape index (κ1) is 35.7. The van der Waals surface area contributed by atoms with E-state index in [9.17, 15) is 4.57 Å². The fourth-order valence-corrected chi connectivity index (χ4v) is 8.85. The minimum atomic E-state index is -2.50. The summed E-state index contributed by atoms with van der Waals surface area (Å²) in [6.45, 7) is 8.19. The second-order valence-electron chi connectivity index (χ2n) is 14.7. The molecular formula is C49H39N3O2P2. The van der Waals surface area contributed by atoms with Crippen molar-refractivity contribution in [3.05, 3.63) is 164 Å². The summed E-state index contributed by atoms with van der Waals surface area (Å²) in [6, 6.07) is 56.4. The van der Waals surface area contributed by atoms with Gasteiger partial charge in [-0.25, -0.2) is 15.0 Å². The van der Waals surface area contributed by atoms with E-state index in [-0.39, 0.29) is 7.92 Å². The molecule has 272 valence electrons. The Kier molecular flexibility index (Phi) is 9.30. The highest BCUT2D eigenvalue weighted by atomic mass is 31.2. The monoisotopic (exact) mass is 763 g/mol. The zero-order valence-electron chi connectivity index (χ0n) is 31.6. The van der Waals surface area contributed by atoms with Crippen molar-refractivity contribution in [1.29, 1.82) is 0 Å². The molecule has 2 aromatic heterocycles. The Bertz CT molecular complexity index is 2970. The van der Waals surface area contributed by atoms with Crippen molar-refractivity contribution in [2.75, 3.05) is 26.7 Å². The molecule has 0 unspecified atom stereocenters. The van der Waals surface area contributed by atoms with Gasteiger partial charge < -0.3 is 8.98 Å². The number of para-hydroxylation sites is 1. The van der Waals surface area contributed by atoms with Gasteiger partial charge in [0.15, 0.2) is 17.5 Å². The lowest BCUT2D eigenvalue weighted by atomic mass is 9.95. The lowest BCUT2D eigenvalue weighted by molar-refractivity contribution is 0.588. The van der Waals surface area contributed by atoms with Crippen LogP contribution in [0, 0.1) is 0 Å². The molecule has 9 rings (SSSR count). The molecule has 2 heterocycles. The fourth-order valence-electron chi connectivity index (χ4n) is 7.17. The third kappa shape index (κ3) is 7.13. The van der Waals surface area contributed by atoms with E-state index in [1.54, 1.807) is 0 Å². The molecule has 0 aliphatic rings. The lowest BCUT2D eigenvalue weighted by Gasteiger charge is -2.15. The van der Waals surface area contributed by atoms with Crippen molar-refractivity contribution in [2.45, 2.75) is 0 Å². The maximum atomic E-state index is 13.2. The fraction of sp³-hybridized carbons (Fsp3) is 0.0816. The van der Waals surface area contributed by atoms with E-state index >= 15 is 0 Å². The topological polar surface area (TPSA) is 68.9 Å². The second-order valence-corrected chi connectivity index (χ2v) is 20.2. The Morgan fingerprint density at radius 3 is 1.66 bits per heavy atom. The van der Waals surface area contributed by atoms with Gasteiger partial charge in [0.05, 0.1) is 0 Å². The Morgan fingerprint density at radius 2 is 0.946 bits per heavy atom. The average Bonchev–Trinajstić information content (AvgIpc) is 3.61. The molecule has 0 saturated heterocycles. The van der Waals surface area contributed by atoms with Crippen LogP contribution in [0.1, 0.15) is 0 Å². The first-order valence-electron chi connectivity index (χ1n) is 18.6. The van der Waals surface area contributed by atoms with E-state index in [4.69, 9.17) is 19.4 Å². The summed E-state index contributed by atoms with van der Waals surface area (Å²) >= 11 is 0. The second kappa shape index (κ2) is 14.6. The maximum Gasteiger partial charge on any atom is 0.164 e. The van der Waals surface area contributed by atoms with Gasteiger partial charge in [0.25, 0.3) is 0 Å². The molecule has 7 aromatic carbocycles. The van der Waals surface area contributed by atoms with Gasteiger partial charge in [-0.3, -0.25) is 0 Å². The molecule has 0 saturated carbocycles. The summed E-state index contributed by atoms with van der Waals surface area (Å²) in [5, 5.41) is 4.29. The van der Waals surface area contributed by atoms with Gasteiger partial charge in [0, 0.05) is 32.8 Å². The molecular weight excluding hydrogens is 725 g/mol. The van der Waals surface area contributed by atoms with Gasteiger partial charge in [0.1, 0.15) is 18.3 Å². The molecule has 0 N–H and O–H groups in total. The summed E-state index contributed by atoms with van der Waals surface area (Å²) in [4.78, 5) is 15.6. The summed E-state index contributed by atoms with van der Waals surface area (Å²) in [6.07, 6.45) is 0. The molecule has 0 fully saturated rings. The van der Waals surface area contributed by atoms with Crippen LogP contribution in [-0.2, 0) is 4.57 Å². The smallest absolute Gasteiger partial charge is 0.164 e. The number of benzene rings is 7. The van der Waals surface area contributed by atoms with E-state index in [2.05, 4.69) is 123 Å². The zero-order chi connectivity index (χ0) is 38.4. The van der Waals surface area contributed by atoms with Gasteiger partial charge in [-0.15, -0.1) is 0 Å². The maximum absolute atomic E-state index is 13.2. The molecule has 0 spiro atoms. The predicted molar refractivity (Wildman–Crippen MR) is 237 cm³/mol. The number of fused-ring (bicyclic) bond motifs is 3. The molecule has 56 heavy (non-hydrogen) atoms. The van der Waals surface area contributed by atoms with Crippen LogP contribution >= 0.6 is 15.1 Å². The van der Waals surface area contributed by atoms with E-state index in [0.29, 0.717) is 17.5 Å². The average molecular weight is 764 g/mol. The van der Waals surface area contributed by atoms with Crippen LogP contribution in [-0.4, -0.2) is 41.6 Å². The van der Waals surface area contributed by atoms with Crippen molar-refractivity contribution in [2.24, 2.45) is 0 Å². The van der Waals surface area contributed by atoms with Crippen LogP contribution in [0.5, 0.6) is 0 Å². The number of hydrogen-bond acceptors (Lipinski definition) is 5. The largest absolute Gasteiger partial charge is 0.456 e. The van der Waals surface area contributed by atoms with Crippen molar-refractivity contribution >= 4 is 47.6 Å². The zero-order valence-corrected chi connectivity index (χ0v) is 33.4. The molecule has 7 heteroatoms. The highest BCUT2D eigenvalue weighted by molar-refractivity contribution is 7.70. The summed E-state index contributed by atoms with van der Waals surface area (Å²) in [7, 11) is -2.79. The van der Waals surface area contributed by atoms with Crippen molar-refractivity contribution in [1.82, 2.24) is 15.0 Å². The third-order valence-corrected chi connectivity index (χ3v) is 13.0. The minimum Gasteiger partial charge on any atom is -0.456 e. The summed E-state index contributed by atoms with van der Waals surface area (Å²) in [5.74, 6) is 1.68. The van der Waals surface area contributed by atoms with Crippen LogP contribution in [0.25, 0.3) is 89.5 Å². The SMILES string of the molecule is CP(C)c1cccc(-c2cc(-c3cccc(P(C)(C)=O)c3)cc(-c3nc(-c4cccc(-c5ccccc5)c4)nc(-c4ccc5c(c4)oc4ccccc45)n3)c2)c1. The number of furan rings is 1. The van der Waals surface area contributed by atoms with Crippen molar-refractivity contribution in [3.8, 4) is 67.5 Å². The van der Waals surface area contributed by atoms with Crippen LogP contribution in [0.2, 0.25) is 0 Å². The molecule has 0 amide bonds. The Labute approximate surface area is 328 Å². The minimum absolute atomic E-state index is 0.294. The predicted octanol–water partition coefficient (Wildman–Crippen LogP) is 12.4. The number of nitrogens with zero attached hydrogens (tertiary/aromatic N) is 3. The van der Waals surface area contributed by atoms with E-state index in [1.165, 1.54) is 5.30 Å². The standard InChI is InChI=1S/C49H39N3O2P2/c1-55(2)41-19-11-16-34(29-41)38-26-39(35-17-12-20-42(30-35)56(3,4)53)28-40(27-38)49-51-47(36-18-10-15-33(25-36)32-13-6-5-7-14-32)50-48(52-49)37-23-24-44-43-21-8-9-22-45(43)54-46(44)31-37/h5-31H,1-4H3. The Morgan fingerprint density at radius 1 is 0.429 bits per heavy atom. The molecule has 0 aliphatic heterocycles. The number of hydrogen-bond donors (Lipinski definition) is 0. The quantitative estimate of drug-likeness (QED) is 0.144. The Hall–Kier alpha value is -5.99. The van der Waals surface area contributed by atoms with Gasteiger partial charge >= 0.3 is 0 Å². The first-order chi connectivity index (χ1) is 27.2. The molecule has 5 nitrogen and oxygen atoms in total. The van der Waals surface area contributed by atoms with Crippen molar-refractivity contribution in [3.63, 3.8) is 0 Å². The lowest BCUT2D eigenvalue weighted by Crippen LogP contribution is -2.03. The van der Waals surface area contributed by atoms with E-state index in [0.717, 1.165) is 77.3 Å². The van der Waals surface area contributed by atoms with Gasteiger partial charge in [-0.2, -0.15) is 0 Å². The van der Waals surface area contributed by atoms with Gasteiger partial charge in [-0.05, 0) is 120 Å².